The number of nitrogens with zero attached hydrogens (tertiary/aromatic N) is 3. The molecule has 87 heavy (non-hydrogen) atoms. The molecule has 2 aliphatic heterocycles. The molecule has 2 aliphatic rings. The smallest absolute Gasteiger partial charge is 0.326 e. The number of carbonyl (C=O) groups is 9. The highest BCUT2D eigenvalue weighted by atomic mass is 16.4. The van der Waals surface area contributed by atoms with Crippen LogP contribution in [0.4, 0.5) is 0 Å². The molecule has 0 spiro atoms. The molecule has 6 aromatic rings. The van der Waals surface area contributed by atoms with Crippen molar-refractivity contribution in [2.45, 2.75) is 132 Å². The summed E-state index contributed by atoms with van der Waals surface area (Å²) < 4.78 is 0. The molecule has 458 valence electrons. The van der Waals surface area contributed by atoms with Crippen LogP contribution in [-0.2, 0) is 81.7 Å². The van der Waals surface area contributed by atoms with Crippen molar-refractivity contribution in [2.75, 3.05) is 13.1 Å². The summed E-state index contributed by atoms with van der Waals surface area (Å²) in [5, 5.41) is 42.6. The fourth-order valence-corrected chi connectivity index (χ4v) is 10.7. The van der Waals surface area contributed by atoms with E-state index in [0.717, 1.165) is 6.42 Å². The highest BCUT2D eigenvalue weighted by Crippen LogP contribution is 2.22. The number of aromatic nitrogens is 4. The Morgan fingerprint density at radius 2 is 0.943 bits per heavy atom. The fourth-order valence-electron chi connectivity index (χ4n) is 10.7. The summed E-state index contributed by atoms with van der Waals surface area (Å²) in [5.74, 6) is -7.32. The summed E-state index contributed by atoms with van der Waals surface area (Å²) in [5.41, 5.74) is 3.48. The minimum Gasteiger partial charge on any atom is -0.508 e. The van der Waals surface area contributed by atoms with Gasteiger partial charge in [-0.1, -0.05) is 117 Å². The first-order valence-electron chi connectivity index (χ1n) is 29.2. The predicted octanol–water partition coefficient (Wildman–Crippen LogP) is 1.47. The Bertz CT molecular complexity index is 3260. The van der Waals surface area contributed by atoms with Crippen molar-refractivity contribution in [3.8, 4) is 5.75 Å². The molecule has 0 bridgehead atoms. The number of aromatic amines is 2. The number of hydrogen-bond acceptors (Lipinski definition) is 13. The van der Waals surface area contributed by atoms with E-state index in [4.69, 9.17) is 0 Å². The molecule has 24 heteroatoms. The van der Waals surface area contributed by atoms with Crippen LogP contribution in [-0.4, -0.2) is 156 Å². The van der Waals surface area contributed by atoms with Crippen LogP contribution in [0.1, 0.15) is 73.2 Å². The van der Waals surface area contributed by atoms with Gasteiger partial charge in [0.2, 0.25) is 47.3 Å². The number of likely N-dealkylation sites (tertiary alicyclic amines) is 1. The van der Waals surface area contributed by atoms with Gasteiger partial charge in [0, 0.05) is 68.9 Å². The quantitative estimate of drug-likeness (QED) is 0.0317. The van der Waals surface area contributed by atoms with E-state index in [1.165, 1.54) is 48.0 Å². The number of carboxylic acid groups (broad SMARTS) is 1. The zero-order valence-corrected chi connectivity index (χ0v) is 48.4. The number of phenols is 1. The number of carboxylic acids is 1. The van der Waals surface area contributed by atoms with Crippen molar-refractivity contribution in [3.63, 3.8) is 0 Å². The van der Waals surface area contributed by atoms with E-state index in [0.29, 0.717) is 53.0 Å². The van der Waals surface area contributed by atoms with E-state index in [-0.39, 0.29) is 63.1 Å². The monoisotopic (exact) mass is 1190 g/mol. The van der Waals surface area contributed by atoms with E-state index < -0.39 is 108 Å². The van der Waals surface area contributed by atoms with Gasteiger partial charge in [0.15, 0.2) is 0 Å². The number of H-pyrrole nitrogens is 2. The van der Waals surface area contributed by atoms with E-state index in [1.807, 2.05) is 0 Å². The maximum absolute atomic E-state index is 15.0. The molecule has 12 N–H and O–H groups in total. The van der Waals surface area contributed by atoms with E-state index in [2.05, 4.69) is 62.5 Å². The van der Waals surface area contributed by atoms with Crippen molar-refractivity contribution in [1.82, 2.24) is 67.4 Å². The Kier molecular flexibility index (Phi) is 22.5. The molecule has 0 saturated carbocycles. The molecule has 2 aromatic heterocycles. The van der Waals surface area contributed by atoms with Crippen LogP contribution < -0.4 is 42.5 Å². The summed E-state index contributed by atoms with van der Waals surface area (Å²) in [4.78, 5) is 144. The number of aromatic hydroxyl groups is 1. The van der Waals surface area contributed by atoms with Gasteiger partial charge in [-0.3, -0.25) is 38.4 Å². The van der Waals surface area contributed by atoms with Crippen LogP contribution in [0.2, 0.25) is 0 Å². The first-order chi connectivity index (χ1) is 42.0. The number of rotatable bonds is 29. The van der Waals surface area contributed by atoms with Crippen LogP contribution in [0, 0.1) is 5.92 Å². The summed E-state index contributed by atoms with van der Waals surface area (Å²) in [7, 11) is 0. The highest BCUT2D eigenvalue weighted by molar-refractivity contribution is 5.98. The lowest BCUT2D eigenvalue weighted by Crippen LogP contribution is -2.61. The third kappa shape index (κ3) is 18.4. The van der Waals surface area contributed by atoms with Gasteiger partial charge in [-0.15, -0.1) is 0 Å². The number of benzene rings is 4. The second-order valence-electron chi connectivity index (χ2n) is 22.3. The van der Waals surface area contributed by atoms with Gasteiger partial charge in [-0.25, -0.2) is 14.8 Å². The molecule has 8 rings (SSSR count). The number of aliphatic carboxylic acids is 1. The zero-order valence-electron chi connectivity index (χ0n) is 48.4. The molecule has 0 aliphatic carbocycles. The minimum absolute atomic E-state index is 0.0206. The lowest BCUT2D eigenvalue weighted by Gasteiger charge is -2.30. The van der Waals surface area contributed by atoms with Crippen molar-refractivity contribution in [2.24, 2.45) is 5.92 Å². The van der Waals surface area contributed by atoms with E-state index >= 15 is 0 Å². The summed E-state index contributed by atoms with van der Waals surface area (Å²) in [6.07, 6.45) is 7.63. The van der Waals surface area contributed by atoms with Crippen molar-refractivity contribution in [1.29, 1.82) is 0 Å². The van der Waals surface area contributed by atoms with Gasteiger partial charge in [0.1, 0.15) is 54.1 Å². The summed E-state index contributed by atoms with van der Waals surface area (Å²) in [6.45, 7) is 4.20. The molecular weight excluding hydrogens is 1110 g/mol. The number of phenolic OH excluding ortho intramolecular Hbond substituents is 1. The van der Waals surface area contributed by atoms with Crippen molar-refractivity contribution in [3.05, 3.63) is 174 Å². The first-order valence-corrected chi connectivity index (χ1v) is 29.2. The van der Waals surface area contributed by atoms with Crippen LogP contribution in [0.3, 0.4) is 0 Å². The van der Waals surface area contributed by atoms with Crippen LogP contribution in [0.15, 0.2) is 140 Å². The average Bonchev–Trinajstić information content (AvgIpc) is 3.78. The standard InChI is InChI=1S/C63H75N13O11/c1-38(2)54(61(84)74-52(63(86)87)31-42-22-24-45(77)25-23-42)75-59(82)49(30-41-18-10-5-11-19-41)70-56(79)47(28-39-14-6-3-7-15-39)69-58(81)50(32-43-34-64-36-67-43)71-57(80)48(29-40-16-8-4-9-17-40)72-60(83)53-21-13-27-76(53)62(85)51(33-44-35-65-37-68-44)73-55(78)46-20-12-26-66-46/h3-11,14-19,22-25,34-38,46-54,66,77H,12-13,20-21,26-33H2,1-2H3,(H,64,67)(H,65,68)(H,69,81)(H,70,79)(H,71,80)(H,72,83)(H,73,78)(H,74,84)(H,75,82)(H,86,87). The first kappa shape index (κ1) is 63.3. The van der Waals surface area contributed by atoms with E-state index in [9.17, 15) is 53.4 Å². The Morgan fingerprint density at radius 1 is 0.506 bits per heavy atom. The van der Waals surface area contributed by atoms with Gasteiger partial charge in [-0.2, -0.15) is 0 Å². The molecule has 4 aromatic carbocycles. The molecule has 2 saturated heterocycles. The molecule has 9 unspecified atom stereocenters. The Morgan fingerprint density at radius 3 is 1.40 bits per heavy atom. The molecule has 24 nitrogen and oxygen atoms in total. The second kappa shape index (κ2) is 30.9. The molecule has 8 amide bonds. The van der Waals surface area contributed by atoms with Gasteiger partial charge >= 0.3 is 5.97 Å². The van der Waals surface area contributed by atoms with Gasteiger partial charge in [0.05, 0.1) is 18.7 Å². The molecule has 4 heterocycles. The second-order valence-corrected chi connectivity index (χ2v) is 22.3. The Labute approximate surface area is 503 Å². The lowest BCUT2D eigenvalue weighted by atomic mass is 9.99. The minimum atomic E-state index is -1.41. The Balaban J connectivity index is 1.02. The maximum atomic E-state index is 15.0. The van der Waals surface area contributed by atoms with Crippen molar-refractivity contribution < 1.29 is 53.4 Å². The third-order valence-electron chi connectivity index (χ3n) is 15.4. The Hall–Kier alpha value is -9.71. The molecule has 9 atom stereocenters. The maximum Gasteiger partial charge on any atom is 0.326 e. The van der Waals surface area contributed by atoms with E-state index in [1.54, 1.807) is 111 Å². The van der Waals surface area contributed by atoms with Crippen LogP contribution in [0.5, 0.6) is 5.75 Å². The normalized spacial score (nSPS) is 17.1. The summed E-state index contributed by atoms with van der Waals surface area (Å²) in [6, 6.07) is 21.6. The van der Waals surface area contributed by atoms with Crippen LogP contribution in [0.25, 0.3) is 0 Å². The largest absolute Gasteiger partial charge is 0.508 e. The van der Waals surface area contributed by atoms with Crippen molar-refractivity contribution >= 4 is 53.2 Å². The third-order valence-corrected chi connectivity index (χ3v) is 15.4. The summed E-state index contributed by atoms with van der Waals surface area (Å²) >= 11 is 0. The number of imidazole rings is 2. The zero-order chi connectivity index (χ0) is 61.8. The molecule has 2 fully saturated rings. The van der Waals surface area contributed by atoms with Gasteiger partial charge in [0.25, 0.3) is 0 Å². The van der Waals surface area contributed by atoms with Gasteiger partial charge < -0.3 is 67.6 Å². The topological polar surface area (TPSA) is 351 Å². The predicted molar refractivity (Wildman–Crippen MR) is 319 cm³/mol. The molecular formula is C63H75N13O11. The average molecular weight is 1190 g/mol. The fraction of sp³-hybridized carbons (Fsp3) is 0.381. The lowest BCUT2D eigenvalue weighted by molar-refractivity contribution is -0.142. The number of hydrogen-bond donors (Lipinski definition) is 12. The number of amides is 8. The number of nitrogens with one attached hydrogen (secondary N) is 10. The highest BCUT2D eigenvalue weighted by Gasteiger charge is 2.41. The SMILES string of the molecule is CC(C)C(NC(=O)C(Cc1ccccc1)NC(=O)C(Cc1ccccc1)NC(=O)C(Cc1cnc[nH]1)NC(=O)C(Cc1ccccc1)NC(=O)C1CCCN1C(=O)C(Cc1cnc[nH]1)NC(=O)C1CCCN1)C(=O)NC(Cc1ccc(O)cc1)C(=O)O. The number of carbonyl (C=O) groups excluding carboxylic acids is 8. The van der Waals surface area contributed by atoms with Crippen LogP contribution >= 0.6 is 0 Å². The van der Waals surface area contributed by atoms with Gasteiger partial charge in [-0.05, 0) is 72.5 Å². The molecule has 0 radical (unpaired) electrons.